The Hall–Kier alpha value is -2.33. The summed E-state index contributed by atoms with van der Waals surface area (Å²) >= 11 is 5.84. The van der Waals surface area contributed by atoms with E-state index < -0.39 is 12.0 Å². The third-order valence-corrected chi connectivity index (χ3v) is 3.49. The smallest absolute Gasteiger partial charge is 0.305 e. The number of hydrogen-bond acceptors (Lipinski definition) is 2. The van der Waals surface area contributed by atoms with Crippen molar-refractivity contribution in [3.8, 4) is 0 Å². The van der Waals surface area contributed by atoms with E-state index in [1.165, 1.54) is 0 Å². The maximum Gasteiger partial charge on any atom is 0.305 e. The zero-order valence-corrected chi connectivity index (χ0v) is 12.8. The van der Waals surface area contributed by atoms with Crippen LogP contribution in [0.25, 0.3) is 0 Å². The van der Waals surface area contributed by atoms with Gasteiger partial charge in [0.05, 0.1) is 12.5 Å². The zero-order chi connectivity index (χ0) is 16.1. The molecule has 1 atom stereocenters. The van der Waals surface area contributed by atoms with E-state index in [1.54, 1.807) is 42.5 Å². The van der Waals surface area contributed by atoms with Crippen molar-refractivity contribution in [2.45, 2.75) is 19.4 Å². The van der Waals surface area contributed by atoms with E-state index in [0.29, 0.717) is 16.1 Å². The Morgan fingerprint density at radius 3 is 2.45 bits per heavy atom. The molecule has 2 N–H and O–H groups in total. The van der Waals surface area contributed by atoms with Gasteiger partial charge in [0, 0.05) is 10.6 Å². The molecule has 0 fully saturated rings. The minimum atomic E-state index is -0.982. The van der Waals surface area contributed by atoms with Crippen LogP contribution in [0.15, 0.2) is 48.5 Å². The molecule has 2 rings (SSSR count). The van der Waals surface area contributed by atoms with Crippen LogP contribution in [-0.4, -0.2) is 17.0 Å². The third kappa shape index (κ3) is 4.33. The van der Waals surface area contributed by atoms with Crippen LogP contribution in [0.1, 0.15) is 33.9 Å². The van der Waals surface area contributed by atoms with Gasteiger partial charge in [0.25, 0.3) is 5.91 Å². The number of carboxylic acid groups (broad SMARTS) is 1. The topological polar surface area (TPSA) is 66.4 Å². The van der Waals surface area contributed by atoms with Crippen molar-refractivity contribution in [2.24, 2.45) is 0 Å². The summed E-state index contributed by atoms with van der Waals surface area (Å²) in [4.78, 5) is 23.3. The van der Waals surface area contributed by atoms with Gasteiger partial charge >= 0.3 is 5.97 Å². The van der Waals surface area contributed by atoms with E-state index in [4.69, 9.17) is 16.7 Å². The number of hydrogen-bond donors (Lipinski definition) is 2. The summed E-state index contributed by atoms with van der Waals surface area (Å²) in [5.74, 6) is -1.28. The lowest BCUT2D eigenvalue weighted by atomic mass is 10.0. The zero-order valence-electron chi connectivity index (χ0n) is 12.0. The van der Waals surface area contributed by atoms with Gasteiger partial charge in [0.2, 0.25) is 0 Å². The summed E-state index contributed by atoms with van der Waals surface area (Å²) < 4.78 is 0. The molecule has 114 valence electrons. The fraction of sp³-hybridized carbons (Fsp3) is 0.176. The summed E-state index contributed by atoms with van der Waals surface area (Å²) in [5, 5.41) is 12.4. The number of amides is 1. The lowest BCUT2D eigenvalue weighted by Gasteiger charge is -2.18. The minimum Gasteiger partial charge on any atom is -0.481 e. The first-order valence-corrected chi connectivity index (χ1v) is 7.18. The molecule has 5 heteroatoms. The highest BCUT2D eigenvalue weighted by Crippen LogP contribution is 2.20. The Balaban J connectivity index is 2.21. The molecule has 0 aliphatic heterocycles. The summed E-state index contributed by atoms with van der Waals surface area (Å²) in [6.07, 6.45) is -0.195. The summed E-state index contributed by atoms with van der Waals surface area (Å²) in [6, 6.07) is 13.3. The van der Waals surface area contributed by atoms with Crippen molar-refractivity contribution >= 4 is 23.5 Å². The van der Waals surface area contributed by atoms with Gasteiger partial charge in [-0.2, -0.15) is 0 Å². The second-order valence-electron chi connectivity index (χ2n) is 5.04. The van der Waals surface area contributed by atoms with Crippen molar-refractivity contribution in [3.05, 3.63) is 70.2 Å². The predicted octanol–water partition coefficient (Wildman–Crippen LogP) is 3.59. The van der Waals surface area contributed by atoms with Crippen molar-refractivity contribution < 1.29 is 14.7 Å². The van der Waals surface area contributed by atoms with Gasteiger partial charge in [0.15, 0.2) is 0 Å². The number of aliphatic carboxylic acids is 1. The lowest BCUT2D eigenvalue weighted by Crippen LogP contribution is -2.30. The quantitative estimate of drug-likeness (QED) is 0.885. The van der Waals surface area contributed by atoms with Crippen LogP contribution in [0.2, 0.25) is 5.02 Å². The minimum absolute atomic E-state index is 0.195. The van der Waals surface area contributed by atoms with Gasteiger partial charge in [-0.1, -0.05) is 41.4 Å². The van der Waals surface area contributed by atoms with E-state index >= 15 is 0 Å². The van der Waals surface area contributed by atoms with Gasteiger partial charge in [-0.15, -0.1) is 0 Å². The van der Waals surface area contributed by atoms with Gasteiger partial charge in [-0.05, 0) is 36.8 Å². The van der Waals surface area contributed by atoms with E-state index in [1.807, 2.05) is 13.0 Å². The fourth-order valence-electron chi connectivity index (χ4n) is 2.15. The molecule has 2 aromatic rings. The average molecular weight is 318 g/mol. The van der Waals surface area contributed by atoms with Crippen molar-refractivity contribution in [2.75, 3.05) is 0 Å². The number of halogens is 1. The van der Waals surface area contributed by atoms with Crippen molar-refractivity contribution in [1.29, 1.82) is 0 Å². The molecule has 2 aromatic carbocycles. The molecule has 1 amide bonds. The van der Waals surface area contributed by atoms with Crippen LogP contribution in [-0.2, 0) is 4.79 Å². The lowest BCUT2D eigenvalue weighted by molar-refractivity contribution is -0.137. The van der Waals surface area contributed by atoms with E-state index in [-0.39, 0.29) is 12.3 Å². The van der Waals surface area contributed by atoms with Crippen molar-refractivity contribution in [3.63, 3.8) is 0 Å². The van der Waals surface area contributed by atoms with E-state index in [0.717, 1.165) is 5.56 Å². The molecule has 0 saturated heterocycles. The number of carbonyl (C=O) groups is 2. The second-order valence-corrected chi connectivity index (χ2v) is 5.48. The van der Waals surface area contributed by atoms with Crippen LogP contribution < -0.4 is 5.32 Å². The van der Waals surface area contributed by atoms with Crippen LogP contribution in [0.4, 0.5) is 0 Å². The van der Waals surface area contributed by atoms with Gasteiger partial charge in [-0.25, -0.2) is 0 Å². The van der Waals surface area contributed by atoms with Crippen LogP contribution in [0, 0.1) is 6.92 Å². The largest absolute Gasteiger partial charge is 0.481 e. The summed E-state index contributed by atoms with van der Waals surface area (Å²) in [7, 11) is 0. The van der Waals surface area contributed by atoms with Gasteiger partial charge in [-0.3, -0.25) is 9.59 Å². The Kier molecular flexibility index (Phi) is 5.17. The Morgan fingerprint density at radius 2 is 1.86 bits per heavy atom. The van der Waals surface area contributed by atoms with Crippen LogP contribution in [0.3, 0.4) is 0 Å². The maximum atomic E-state index is 12.3. The SMILES string of the molecule is Cc1cccc(C(=O)N[C@@H](CC(=O)O)c2ccc(Cl)cc2)c1. The highest BCUT2D eigenvalue weighted by atomic mass is 35.5. The normalized spacial score (nSPS) is 11.7. The molecule has 22 heavy (non-hydrogen) atoms. The summed E-state index contributed by atoms with van der Waals surface area (Å²) in [6.45, 7) is 1.89. The monoisotopic (exact) mass is 317 g/mol. The molecular weight excluding hydrogens is 302 g/mol. The number of aryl methyl sites for hydroxylation is 1. The Bertz CT molecular complexity index is 683. The Labute approximate surface area is 133 Å². The fourth-order valence-corrected chi connectivity index (χ4v) is 2.28. The second kappa shape index (κ2) is 7.09. The van der Waals surface area contributed by atoms with E-state index in [9.17, 15) is 9.59 Å². The highest BCUT2D eigenvalue weighted by Gasteiger charge is 2.19. The molecule has 0 aromatic heterocycles. The molecule has 0 unspecified atom stereocenters. The van der Waals surface area contributed by atoms with Crippen LogP contribution >= 0.6 is 11.6 Å². The molecular formula is C17H16ClNO3. The highest BCUT2D eigenvalue weighted by molar-refractivity contribution is 6.30. The molecule has 0 spiro atoms. The molecule has 0 radical (unpaired) electrons. The van der Waals surface area contributed by atoms with E-state index in [2.05, 4.69) is 5.32 Å². The number of benzene rings is 2. The first kappa shape index (κ1) is 16.0. The first-order valence-electron chi connectivity index (χ1n) is 6.80. The first-order chi connectivity index (χ1) is 10.5. The molecule has 0 aliphatic carbocycles. The number of nitrogens with one attached hydrogen (secondary N) is 1. The number of carboxylic acids is 1. The standard InChI is InChI=1S/C17H16ClNO3/c1-11-3-2-4-13(9-11)17(22)19-15(10-16(20)21)12-5-7-14(18)8-6-12/h2-9,15H,10H2,1H3,(H,19,22)(H,20,21)/t15-/m0/s1. The summed E-state index contributed by atoms with van der Waals surface area (Å²) in [5.41, 5.74) is 2.17. The maximum absolute atomic E-state index is 12.3. The number of rotatable bonds is 5. The van der Waals surface area contributed by atoms with Crippen molar-refractivity contribution in [1.82, 2.24) is 5.32 Å². The average Bonchev–Trinajstić information content (AvgIpc) is 2.47. The number of carbonyl (C=O) groups excluding carboxylic acids is 1. The molecule has 0 bridgehead atoms. The molecule has 0 aliphatic rings. The van der Waals surface area contributed by atoms with Gasteiger partial charge in [0.1, 0.15) is 0 Å². The molecule has 0 saturated carbocycles. The Morgan fingerprint density at radius 1 is 1.18 bits per heavy atom. The predicted molar refractivity (Wildman–Crippen MR) is 85.1 cm³/mol. The van der Waals surface area contributed by atoms with Crippen LogP contribution in [0.5, 0.6) is 0 Å². The van der Waals surface area contributed by atoms with Gasteiger partial charge < -0.3 is 10.4 Å². The third-order valence-electron chi connectivity index (χ3n) is 3.24. The molecule has 0 heterocycles. The molecule has 4 nitrogen and oxygen atoms in total.